The van der Waals surface area contributed by atoms with Crippen LogP contribution in [0.3, 0.4) is 0 Å². The lowest BCUT2D eigenvalue weighted by Gasteiger charge is -2.22. The first kappa shape index (κ1) is 25.0. The number of anilines is 1. The van der Waals surface area contributed by atoms with Crippen molar-refractivity contribution in [3.63, 3.8) is 0 Å². The minimum atomic E-state index is -4.54. The third-order valence-corrected chi connectivity index (χ3v) is 7.47. The lowest BCUT2D eigenvalue weighted by atomic mass is 9.96. The van der Waals surface area contributed by atoms with Gasteiger partial charge >= 0.3 is 6.18 Å². The molecule has 4 aromatic carbocycles. The quantitative estimate of drug-likeness (QED) is 0.170. The Balaban J connectivity index is 1.45. The van der Waals surface area contributed by atoms with Gasteiger partial charge in [-0.05, 0) is 64.4 Å². The van der Waals surface area contributed by atoms with Crippen LogP contribution in [0.15, 0.2) is 83.8 Å². The molecule has 0 bridgehead atoms. The normalized spacial score (nSPS) is 16.1. The van der Waals surface area contributed by atoms with Crippen molar-refractivity contribution in [1.82, 2.24) is 4.90 Å². The van der Waals surface area contributed by atoms with E-state index >= 15 is 0 Å². The summed E-state index contributed by atoms with van der Waals surface area (Å²) in [5, 5.41) is 6.46. The van der Waals surface area contributed by atoms with Crippen LogP contribution in [0.2, 0.25) is 0 Å². The predicted octanol–water partition coefficient (Wildman–Crippen LogP) is 7.24. The molecule has 1 N–H and O–H groups in total. The van der Waals surface area contributed by atoms with E-state index in [1.54, 1.807) is 6.08 Å². The van der Waals surface area contributed by atoms with Gasteiger partial charge in [-0.25, -0.2) is 0 Å². The molecule has 0 spiro atoms. The van der Waals surface area contributed by atoms with Gasteiger partial charge in [0.2, 0.25) is 5.91 Å². The largest absolute Gasteiger partial charge is 0.416 e. The smallest absolute Gasteiger partial charge is 0.324 e. The van der Waals surface area contributed by atoms with Crippen molar-refractivity contribution in [1.29, 1.82) is 0 Å². The molecule has 0 aliphatic carbocycles. The highest BCUT2D eigenvalue weighted by molar-refractivity contribution is 8.26. The first-order valence-electron chi connectivity index (χ1n) is 11.3. The molecule has 0 radical (unpaired) electrons. The average Bonchev–Trinajstić information content (AvgIpc) is 3.15. The number of hydrogen-bond donors (Lipinski definition) is 1. The highest BCUT2D eigenvalue weighted by Crippen LogP contribution is 2.38. The second-order valence-corrected chi connectivity index (χ2v) is 10.2. The Hall–Kier alpha value is -3.69. The van der Waals surface area contributed by atoms with E-state index in [2.05, 4.69) is 11.4 Å². The van der Waals surface area contributed by atoms with Gasteiger partial charge in [0.1, 0.15) is 10.4 Å². The summed E-state index contributed by atoms with van der Waals surface area (Å²) in [6, 6.07) is 21.1. The van der Waals surface area contributed by atoms with E-state index in [-0.39, 0.29) is 10.0 Å². The van der Waals surface area contributed by atoms with Crippen LogP contribution < -0.4 is 5.32 Å². The molecule has 0 saturated carbocycles. The maximum Gasteiger partial charge on any atom is 0.416 e. The fourth-order valence-corrected chi connectivity index (χ4v) is 5.69. The van der Waals surface area contributed by atoms with E-state index < -0.39 is 29.6 Å². The Kier molecular flexibility index (Phi) is 6.51. The minimum absolute atomic E-state index is 0.0186. The second kappa shape index (κ2) is 9.64. The van der Waals surface area contributed by atoms with Crippen LogP contribution >= 0.6 is 24.0 Å². The van der Waals surface area contributed by atoms with Crippen LogP contribution in [0.25, 0.3) is 27.6 Å². The van der Waals surface area contributed by atoms with Crippen LogP contribution in [0, 0.1) is 0 Å². The number of carbonyl (C=O) groups excluding carboxylic acids is 2. The Morgan fingerprint density at radius 1 is 0.973 bits per heavy atom. The Morgan fingerprint density at radius 3 is 2.22 bits per heavy atom. The molecule has 9 heteroatoms. The lowest BCUT2D eigenvalue weighted by molar-refractivity contribution is -0.137. The molecule has 5 rings (SSSR count). The van der Waals surface area contributed by atoms with E-state index in [9.17, 15) is 22.8 Å². The molecular formula is C28H19F3N2O2S2. The van der Waals surface area contributed by atoms with Gasteiger partial charge < -0.3 is 5.32 Å². The molecule has 2 amide bonds. The third kappa shape index (κ3) is 4.84. The number of amides is 2. The zero-order valence-corrected chi connectivity index (χ0v) is 21.0. The molecule has 37 heavy (non-hydrogen) atoms. The number of rotatable bonds is 4. The van der Waals surface area contributed by atoms with Gasteiger partial charge in [-0.2, -0.15) is 13.2 Å². The number of nitrogens with zero attached hydrogens (tertiary/aromatic N) is 1. The standard InChI is InChI=1S/C28H19F3N2O2S2/c1-16(25(34)32-20-10-6-9-19(14-20)28(29,30)31)33-26(35)24(37-27(33)36)15-23-21-11-4-2-7-17(21)13-18-8-3-5-12-22(18)23/h2-16H,1H3,(H,32,34)/b24-15-. The molecule has 1 aliphatic rings. The summed E-state index contributed by atoms with van der Waals surface area (Å²) in [5.74, 6) is -1.08. The summed E-state index contributed by atoms with van der Waals surface area (Å²) in [6.07, 6.45) is -2.75. The van der Waals surface area contributed by atoms with Crippen molar-refractivity contribution in [3.8, 4) is 0 Å². The number of thiocarbonyl (C=S) groups is 1. The number of nitrogens with one attached hydrogen (secondary N) is 1. The maximum atomic E-state index is 13.4. The molecule has 1 aliphatic heterocycles. The number of carbonyl (C=O) groups is 2. The SMILES string of the molecule is CC(C(=O)Nc1cccc(C(F)(F)F)c1)N1C(=O)/C(=C/c2c3ccccc3cc3ccccc23)SC1=S. The van der Waals surface area contributed by atoms with Crippen LogP contribution in [0.1, 0.15) is 18.1 Å². The highest BCUT2D eigenvalue weighted by Gasteiger charge is 2.38. The number of benzene rings is 4. The fourth-order valence-electron chi connectivity index (χ4n) is 4.29. The monoisotopic (exact) mass is 536 g/mol. The molecular weight excluding hydrogens is 517 g/mol. The second-order valence-electron chi connectivity index (χ2n) is 8.53. The first-order chi connectivity index (χ1) is 17.6. The van der Waals surface area contributed by atoms with E-state index in [4.69, 9.17) is 12.2 Å². The maximum absolute atomic E-state index is 13.4. The van der Waals surface area contributed by atoms with Crippen molar-refractivity contribution in [2.75, 3.05) is 5.32 Å². The summed E-state index contributed by atoms with van der Waals surface area (Å²) in [5.41, 5.74) is -0.0287. The summed E-state index contributed by atoms with van der Waals surface area (Å²) < 4.78 is 39.3. The van der Waals surface area contributed by atoms with Crippen molar-refractivity contribution < 1.29 is 22.8 Å². The van der Waals surface area contributed by atoms with Crippen molar-refractivity contribution in [2.45, 2.75) is 19.1 Å². The van der Waals surface area contributed by atoms with Crippen LogP contribution in [0.5, 0.6) is 0 Å². The Labute approximate surface area is 220 Å². The number of hydrogen-bond acceptors (Lipinski definition) is 4. The molecule has 4 aromatic rings. The van der Waals surface area contributed by atoms with Crippen molar-refractivity contribution in [2.24, 2.45) is 0 Å². The Bertz CT molecular complexity index is 1560. The van der Waals surface area contributed by atoms with Gasteiger partial charge in [0.15, 0.2) is 0 Å². The van der Waals surface area contributed by atoms with Gasteiger partial charge in [-0.15, -0.1) is 0 Å². The number of fused-ring (bicyclic) bond motifs is 2. The van der Waals surface area contributed by atoms with Crippen molar-refractivity contribution >= 4 is 73.4 Å². The number of thioether (sulfide) groups is 1. The number of halogens is 3. The molecule has 1 fully saturated rings. The van der Waals surface area contributed by atoms with Gasteiger partial charge in [0.25, 0.3) is 5.91 Å². The molecule has 4 nitrogen and oxygen atoms in total. The summed E-state index contributed by atoms with van der Waals surface area (Å²) in [6.45, 7) is 1.49. The van der Waals surface area contributed by atoms with E-state index in [1.807, 2.05) is 48.5 Å². The topological polar surface area (TPSA) is 49.4 Å². The van der Waals surface area contributed by atoms with Crippen molar-refractivity contribution in [3.05, 3.63) is 94.9 Å². The summed E-state index contributed by atoms with van der Waals surface area (Å²) in [4.78, 5) is 27.9. The summed E-state index contributed by atoms with van der Waals surface area (Å²) >= 11 is 6.52. The van der Waals surface area contributed by atoms with E-state index in [1.165, 1.54) is 24.0 Å². The van der Waals surface area contributed by atoms with Crippen LogP contribution in [-0.4, -0.2) is 27.1 Å². The zero-order valence-electron chi connectivity index (χ0n) is 19.4. The van der Waals surface area contributed by atoms with Gasteiger partial charge in [-0.1, -0.05) is 78.6 Å². The van der Waals surface area contributed by atoms with Gasteiger partial charge in [0.05, 0.1) is 10.5 Å². The van der Waals surface area contributed by atoms with Crippen LogP contribution in [0.4, 0.5) is 18.9 Å². The predicted molar refractivity (Wildman–Crippen MR) is 146 cm³/mol. The molecule has 1 unspecified atom stereocenters. The molecule has 1 atom stereocenters. The minimum Gasteiger partial charge on any atom is -0.324 e. The fraction of sp³-hybridized carbons (Fsp3) is 0.107. The van der Waals surface area contributed by atoms with Gasteiger partial charge in [-0.3, -0.25) is 14.5 Å². The highest BCUT2D eigenvalue weighted by atomic mass is 32.2. The summed E-state index contributed by atoms with van der Waals surface area (Å²) in [7, 11) is 0. The number of alkyl halides is 3. The van der Waals surface area contributed by atoms with Crippen LogP contribution in [-0.2, 0) is 15.8 Å². The molecule has 1 heterocycles. The molecule has 186 valence electrons. The lowest BCUT2D eigenvalue weighted by Crippen LogP contribution is -2.44. The van der Waals surface area contributed by atoms with Gasteiger partial charge in [0, 0.05) is 5.69 Å². The molecule has 1 saturated heterocycles. The van der Waals surface area contributed by atoms with E-state index in [0.717, 1.165) is 51.0 Å². The zero-order chi connectivity index (χ0) is 26.3. The first-order valence-corrected chi connectivity index (χ1v) is 12.5. The Morgan fingerprint density at radius 2 is 1.59 bits per heavy atom. The third-order valence-electron chi connectivity index (χ3n) is 6.14. The average molecular weight is 537 g/mol. The molecule has 0 aromatic heterocycles. The van der Waals surface area contributed by atoms with E-state index in [0.29, 0.717) is 4.91 Å².